The first-order valence-electron chi connectivity index (χ1n) is 33.1. The quantitative estimate of drug-likeness (QED) is 0.00920. The monoisotopic (exact) mass is 1590 g/mol. The predicted octanol–water partition coefficient (Wildman–Crippen LogP) is 11.7. The zero-order chi connectivity index (χ0) is 75.3. The lowest BCUT2D eigenvalue weighted by Crippen LogP contribution is -2.47. The van der Waals surface area contributed by atoms with E-state index in [1.807, 2.05) is 124 Å². The minimum absolute atomic E-state index is 0. The number of carbonyl (C=O) groups is 8. The number of hydrogen-bond acceptors (Lipinski definition) is 17. The van der Waals surface area contributed by atoms with Gasteiger partial charge in [0, 0.05) is 73.0 Å². The van der Waals surface area contributed by atoms with Crippen LogP contribution < -0.4 is 41.5 Å². The summed E-state index contributed by atoms with van der Waals surface area (Å²) < 4.78 is 39.9. The number of amides is 5. The predicted molar refractivity (Wildman–Crippen MR) is 403 cm³/mol. The van der Waals surface area contributed by atoms with E-state index in [1.54, 1.807) is 154 Å². The number of nitrogens with one attached hydrogen (secondary N) is 5. The van der Waals surface area contributed by atoms with Crippen LogP contribution in [0.15, 0.2) is 165 Å². The largest absolute Gasteiger partial charge is 0.480 e. The Morgan fingerprint density at radius 1 is 0.437 bits per heavy atom. The Kier molecular flexibility index (Phi) is 41.8. The summed E-state index contributed by atoms with van der Waals surface area (Å²) in [7, 11) is 0. The Balaban J connectivity index is 0.000000713. The van der Waals surface area contributed by atoms with Crippen LogP contribution >= 0.6 is 48.0 Å². The van der Waals surface area contributed by atoms with Crippen LogP contribution in [0.25, 0.3) is 0 Å². The van der Waals surface area contributed by atoms with Gasteiger partial charge >= 0.3 is 48.4 Å². The summed E-state index contributed by atoms with van der Waals surface area (Å²) in [6.45, 7) is 26.9. The van der Waals surface area contributed by atoms with Crippen LogP contribution in [0.5, 0.6) is 0 Å². The molecule has 0 bridgehead atoms. The van der Waals surface area contributed by atoms with Crippen LogP contribution in [-0.2, 0) is 99.5 Å². The summed E-state index contributed by atoms with van der Waals surface area (Å²) in [4.78, 5) is 99.6. The van der Waals surface area contributed by atoms with Crippen LogP contribution in [0, 0.1) is 0 Å². The van der Waals surface area contributed by atoms with Gasteiger partial charge in [-0.05, 0) is 164 Å². The Labute approximate surface area is 634 Å². The van der Waals surface area contributed by atoms with Crippen LogP contribution in [0.2, 0.25) is 0 Å². The molecule has 566 valence electrons. The van der Waals surface area contributed by atoms with Crippen molar-refractivity contribution in [1.29, 1.82) is 0 Å². The summed E-state index contributed by atoms with van der Waals surface area (Å²) in [5.74, 6) is -2.13. The maximum Gasteiger partial charge on any atom is 0.412 e. The SMILES string of the molecule is CC(C)(C)OC(=O)N[C@@H](Cc1cccnc1)C(=O)OC(C)(C)C.C[C@@H](Cc1ccccc1)NC(=O)OCCl.C[C@@H](Cc1ccccc1)NC(=O)OC[n+]1cccc(C[C@H](N)C(=O)O)c1.C[C@@H](Cc1ccccc1)NC(=O)OC[n+]1cccc(C[C@H](NC(=O)OC(C)(C)C)C(=O)OC(C)(C)C)c1.Cl.I. The van der Waals surface area contributed by atoms with Gasteiger partial charge in [-0.2, -0.15) is 9.13 Å². The van der Waals surface area contributed by atoms with E-state index in [0.717, 1.165) is 34.2 Å². The first-order valence-corrected chi connectivity index (χ1v) is 33.6. The molecule has 103 heavy (non-hydrogen) atoms. The number of halogens is 3. The van der Waals surface area contributed by atoms with E-state index in [4.69, 9.17) is 50.9 Å². The fourth-order valence-electron chi connectivity index (χ4n) is 9.02. The number of nitrogens with two attached hydrogens (primary N) is 1. The molecule has 0 aliphatic carbocycles. The molecule has 0 saturated carbocycles. The van der Waals surface area contributed by atoms with Crippen LogP contribution in [0.1, 0.15) is 137 Å². The van der Waals surface area contributed by atoms with Gasteiger partial charge in [-0.3, -0.25) is 9.78 Å². The van der Waals surface area contributed by atoms with Gasteiger partial charge in [0.15, 0.2) is 30.9 Å². The Hall–Kier alpha value is -8.86. The summed E-state index contributed by atoms with van der Waals surface area (Å²) in [5.41, 5.74) is 8.56. The molecular formula is C75H106Cl2IN9O16+2. The molecule has 0 saturated heterocycles. The van der Waals surface area contributed by atoms with Gasteiger partial charge in [0.1, 0.15) is 40.5 Å². The number of ether oxygens (including phenoxy) is 7. The topological polar surface area (TPSA) is 328 Å². The number of carboxylic acid groups (broad SMARTS) is 1. The smallest absolute Gasteiger partial charge is 0.412 e. The maximum absolute atomic E-state index is 12.8. The molecule has 5 amide bonds. The molecule has 0 unspecified atom stereocenters. The van der Waals surface area contributed by atoms with Gasteiger partial charge in [0.05, 0.1) is 0 Å². The summed E-state index contributed by atoms with van der Waals surface area (Å²) in [6, 6.07) is 37.4. The highest BCUT2D eigenvalue weighted by Crippen LogP contribution is 2.16. The molecule has 3 heterocycles. The summed E-state index contributed by atoms with van der Waals surface area (Å²) in [6.07, 6.45) is 10.2. The maximum atomic E-state index is 12.8. The van der Waals surface area contributed by atoms with E-state index in [-0.39, 0.29) is 93.3 Å². The number of alkyl carbamates (subject to hydrolysis) is 5. The molecule has 0 radical (unpaired) electrons. The van der Waals surface area contributed by atoms with Gasteiger partial charge in [-0.25, -0.2) is 33.6 Å². The third-order valence-electron chi connectivity index (χ3n) is 13.1. The minimum Gasteiger partial charge on any atom is -0.480 e. The van der Waals surface area contributed by atoms with Crippen LogP contribution in [0.3, 0.4) is 0 Å². The van der Waals surface area contributed by atoms with E-state index in [2.05, 4.69) is 36.3 Å². The fourth-order valence-corrected chi connectivity index (χ4v) is 9.12. The number of aromatic nitrogens is 3. The van der Waals surface area contributed by atoms with E-state index in [9.17, 15) is 38.4 Å². The molecule has 8 N–H and O–H groups in total. The average Bonchev–Trinajstić information content (AvgIpc) is 0.858. The normalized spacial score (nSPS) is 12.6. The average molecular weight is 1590 g/mol. The highest BCUT2D eigenvalue weighted by atomic mass is 127. The number of carboxylic acids is 1. The van der Waals surface area contributed by atoms with Gasteiger partial charge in [-0.15, -0.1) is 36.4 Å². The van der Waals surface area contributed by atoms with Crippen molar-refractivity contribution in [3.8, 4) is 0 Å². The second kappa shape index (κ2) is 46.7. The lowest BCUT2D eigenvalue weighted by Gasteiger charge is -2.26. The number of hydrogen-bond donors (Lipinski definition) is 7. The fraction of sp³-hybridized carbons (Fsp3) is 0.453. The first kappa shape index (κ1) is 92.2. The van der Waals surface area contributed by atoms with Crippen molar-refractivity contribution in [2.24, 2.45) is 5.73 Å². The zero-order valence-electron chi connectivity index (χ0n) is 61.6. The molecule has 0 aliphatic rings. The molecule has 0 fully saturated rings. The standard InChI is InChI=1S/C28H39N3O6.C19H23N3O4.C17H26N2O4.C11H14ClNO2.ClH.HI/c1-20(16-21-12-9-8-10-13-21)29-25(33)35-19-31-15-11-14-22(18-31)17-23(24(32)36-27(2,3)4)30-26(34)37-28(5,6)7;1-14(10-15-6-3-2-4-7-15)21-19(25)26-13-22-9-5-8-16(12-22)11-17(20)18(23)24;1-16(2,3)22-14(20)13(10-12-8-7-9-18-11-12)19-15(21)23-17(4,5)6;1-9(13-11(14)15-8-12)7-10-5-3-2-4-6-10;;/h8-15,18,20,23H,16-17,19H2,1-7H3,(H-,29,30,33,34);2-9,12,14,17H,10-11,13,20H2,1H3,(H-,21,23,24,25);7-9,11,13H,10H2,1-6H3,(H,19,21);2-6,9H,7-8H2,1H3,(H,13,14);2*1H/p+2/t20-,23-;14-,17-;13-;9-;;/m0000../s1. The van der Waals surface area contributed by atoms with E-state index in [0.29, 0.717) is 12.8 Å². The van der Waals surface area contributed by atoms with Crippen molar-refractivity contribution in [3.63, 3.8) is 0 Å². The molecule has 6 rings (SSSR count). The van der Waals surface area contributed by atoms with Crippen molar-refractivity contribution in [3.05, 3.63) is 198 Å². The summed E-state index contributed by atoms with van der Waals surface area (Å²) in [5, 5.41) is 22.4. The van der Waals surface area contributed by atoms with Gasteiger partial charge in [-0.1, -0.05) is 109 Å². The Morgan fingerprint density at radius 3 is 1.08 bits per heavy atom. The Bertz CT molecular complexity index is 3510. The second-order valence-corrected chi connectivity index (χ2v) is 27.9. The number of carbonyl (C=O) groups excluding carboxylic acids is 7. The molecule has 28 heteroatoms. The number of benzene rings is 3. The van der Waals surface area contributed by atoms with Crippen LogP contribution in [0.4, 0.5) is 24.0 Å². The molecule has 0 spiro atoms. The third kappa shape index (κ3) is 44.3. The number of alkyl halides is 1. The van der Waals surface area contributed by atoms with E-state index in [1.165, 1.54) is 5.56 Å². The minimum atomic E-state index is -1.05. The molecule has 3 aromatic carbocycles. The number of nitrogens with zero attached hydrogens (tertiary/aromatic N) is 3. The lowest BCUT2D eigenvalue weighted by molar-refractivity contribution is -0.727. The zero-order valence-corrected chi connectivity index (χ0v) is 65.5. The highest BCUT2D eigenvalue weighted by Gasteiger charge is 2.31. The molecule has 6 aromatic rings. The highest BCUT2D eigenvalue weighted by molar-refractivity contribution is 14.0. The van der Waals surface area contributed by atoms with Crippen molar-refractivity contribution in [2.45, 2.75) is 214 Å². The molecular weight excluding hydrogens is 1480 g/mol. The molecule has 25 nitrogen and oxygen atoms in total. The van der Waals surface area contributed by atoms with Gasteiger partial charge in [0.25, 0.3) is 13.5 Å². The lowest BCUT2D eigenvalue weighted by atomic mass is 10.1. The van der Waals surface area contributed by atoms with Gasteiger partial charge in [0.2, 0.25) is 0 Å². The van der Waals surface area contributed by atoms with Crippen molar-refractivity contribution in [2.75, 3.05) is 6.07 Å². The van der Waals surface area contributed by atoms with Gasteiger partial charge < -0.3 is 70.6 Å². The second-order valence-electron chi connectivity index (χ2n) is 27.7. The van der Waals surface area contributed by atoms with Crippen molar-refractivity contribution in [1.82, 2.24) is 31.6 Å². The number of esters is 2. The first-order chi connectivity index (χ1) is 47.3. The summed E-state index contributed by atoms with van der Waals surface area (Å²) >= 11 is 5.26. The number of aliphatic carboxylic acids is 1. The van der Waals surface area contributed by atoms with E-state index < -0.39 is 88.9 Å². The van der Waals surface area contributed by atoms with E-state index >= 15 is 0 Å². The molecule has 6 atom stereocenters. The number of pyridine rings is 3. The van der Waals surface area contributed by atoms with Crippen molar-refractivity contribution >= 4 is 96.4 Å². The van der Waals surface area contributed by atoms with Crippen molar-refractivity contribution < 1.29 is 85.8 Å². The Morgan fingerprint density at radius 2 is 0.757 bits per heavy atom. The molecule has 3 aromatic heterocycles. The third-order valence-corrected chi connectivity index (χ3v) is 13.2. The molecule has 0 aliphatic heterocycles. The number of rotatable bonds is 25. The van der Waals surface area contributed by atoms with Crippen LogP contribution in [-0.4, -0.2) is 123 Å².